The molecule has 0 aliphatic carbocycles. The van der Waals surface area contributed by atoms with Gasteiger partial charge >= 0.3 is 0 Å². The summed E-state index contributed by atoms with van der Waals surface area (Å²) in [6.07, 6.45) is 2.34. The van der Waals surface area contributed by atoms with Crippen molar-refractivity contribution in [2.45, 2.75) is 32.5 Å². The normalized spacial score (nSPS) is 16.8. The van der Waals surface area contributed by atoms with Crippen LogP contribution in [0.3, 0.4) is 0 Å². The Morgan fingerprint density at radius 3 is 2.79 bits per heavy atom. The van der Waals surface area contributed by atoms with Gasteiger partial charge in [-0.2, -0.15) is 5.10 Å². The van der Waals surface area contributed by atoms with Crippen LogP contribution in [0.4, 0.5) is 5.95 Å². The minimum atomic E-state index is -0.694. The van der Waals surface area contributed by atoms with Crippen LogP contribution in [-0.2, 0) is 22.7 Å². The van der Waals surface area contributed by atoms with Gasteiger partial charge in [0.25, 0.3) is 11.8 Å². The van der Waals surface area contributed by atoms with Crippen molar-refractivity contribution in [2.24, 2.45) is 10.1 Å². The molecule has 0 saturated heterocycles. The van der Waals surface area contributed by atoms with Crippen molar-refractivity contribution in [1.29, 1.82) is 0 Å². The molecule has 9 nitrogen and oxygen atoms in total. The van der Waals surface area contributed by atoms with Crippen molar-refractivity contribution >= 4 is 30.3 Å². The Morgan fingerprint density at radius 2 is 2.10 bits per heavy atom. The summed E-state index contributed by atoms with van der Waals surface area (Å²) < 4.78 is 1.91. The van der Waals surface area contributed by atoms with Crippen LogP contribution in [0.25, 0.3) is 0 Å². The van der Waals surface area contributed by atoms with Crippen LogP contribution in [0.5, 0.6) is 0 Å². The number of nitrogens with zero attached hydrogens (tertiary/aromatic N) is 6. The van der Waals surface area contributed by atoms with E-state index in [1.54, 1.807) is 19.1 Å². The highest BCUT2D eigenvalue weighted by atomic mass is 16.2. The molecule has 1 atom stereocenters. The number of imidazole rings is 1. The highest BCUT2D eigenvalue weighted by Crippen LogP contribution is 2.19. The van der Waals surface area contributed by atoms with E-state index in [9.17, 15) is 9.59 Å². The minimum Gasteiger partial charge on any atom is -0.337 e. The fraction of sp³-hybridized carbons (Fsp3) is 0.350. The van der Waals surface area contributed by atoms with Crippen LogP contribution in [0.2, 0.25) is 0 Å². The minimum absolute atomic E-state index is 0.0864. The van der Waals surface area contributed by atoms with Gasteiger partial charge in [-0.3, -0.25) is 19.5 Å². The van der Waals surface area contributed by atoms with E-state index in [2.05, 4.69) is 27.1 Å². The second-order valence-corrected chi connectivity index (χ2v) is 6.97. The highest BCUT2D eigenvalue weighted by molar-refractivity contribution is 6.39. The van der Waals surface area contributed by atoms with E-state index >= 15 is 0 Å². The maximum atomic E-state index is 12.8. The van der Waals surface area contributed by atoms with Crippen LogP contribution < -0.4 is 10.2 Å². The Balaban J connectivity index is 1.68. The van der Waals surface area contributed by atoms with Gasteiger partial charge in [-0.15, -0.1) is 0 Å². The number of amidine groups is 1. The SMILES string of the molecule is C=N/C(=N\N(C)Cc1ccccc1)C(=O)NC1CCn2cc(C)nc2N(C)C1=O. The summed E-state index contributed by atoms with van der Waals surface area (Å²) in [5.41, 5.74) is 1.89. The van der Waals surface area contributed by atoms with E-state index in [-0.39, 0.29) is 11.7 Å². The van der Waals surface area contributed by atoms with Crippen molar-refractivity contribution < 1.29 is 9.59 Å². The van der Waals surface area contributed by atoms with Gasteiger partial charge in [-0.1, -0.05) is 30.3 Å². The summed E-state index contributed by atoms with van der Waals surface area (Å²) >= 11 is 0. The lowest BCUT2D eigenvalue weighted by Gasteiger charge is -2.20. The molecule has 3 rings (SSSR count). The monoisotopic (exact) mass is 395 g/mol. The number of rotatable bonds is 4. The predicted octanol–water partition coefficient (Wildman–Crippen LogP) is 1.19. The second kappa shape index (κ2) is 8.68. The molecule has 1 aliphatic heterocycles. The molecule has 0 saturated carbocycles. The largest absolute Gasteiger partial charge is 0.337 e. The number of aryl methyl sites for hydroxylation is 2. The smallest absolute Gasteiger partial charge is 0.291 e. The molecule has 1 N–H and O–H groups in total. The van der Waals surface area contributed by atoms with Crippen LogP contribution in [0.1, 0.15) is 17.7 Å². The Kier molecular flexibility index (Phi) is 6.06. The summed E-state index contributed by atoms with van der Waals surface area (Å²) in [4.78, 5) is 35.0. The van der Waals surface area contributed by atoms with Crippen molar-refractivity contribution in [3.8, 4) is 0 Å². The van der Waals surface area contributed by atoms with Gasteiger partial charge in [-0.05, 0) is 25.6 Å². The average molecular weight is 395 g/mol. The molecule has 152 valence electrons. The summed E-state index contributed by atoms with van der Waals surface area (Å²) in [7, 11) is 3.40. The Labute approximate surface area is 169 Å². The third-order valence-electron chi connectivity index (χ3n) is 4.64. The van der Waals surface area contributed by atoms with E-state index < -0.39 is 11.9 Å². The number of carbonyl (C=O) groups excluding carboxylic acids is 2. The topological polar surface area (TPSA) is 95.2 Å². The molecule has 2 heterocycles. The van der Waals surface area contributed by atoms with Crippen molar-refractivity contribution in [3.05, 3.63) is 47.8 Å². The van der Waals surface area contributed by atoms with Crippen LogP contribution >= 0.6 is 0 Å². The zero-order chi connectivity index (χ0) is 21.0. The summed E-state index contributed by atoms with van der Waals surface area (Å²) in [5, 5.41) is 8.58. The zero-order valence-corrected chi connectivity index (χ0v) is 16.9. The van der Waals surface area contributed by atoms with E-state index in [4.69, 9.17) is 0 Å². The molecule has 0 spiro atoms. The van der Waals surface area contributed by atoms with E-state index in [0.717, 1.165) is 11.3 Å². The number of anilines is 1. The molecular weight excluding hydrogens is 370 g/mol. The molecule has 2 aromatic rings. The second-order valence-electron chi connectivity index (χ2n) is 6.97. The fourth-order valence-corrected chi connectivity index (χ4v) is 3.24. The standard InChI is InChI=1S/C20H25N7O2/c1-14-12-27-11-10-16(19(29)26(4)20(27)22-14)23-18(28)17(21-2)24-25(3)13-15-8-6-5-7-9-15/h5-9,12,16H,2,10-11,13H2,1,3-4H3,(H,23,28)/b24-17-. The number of hydrogen-bond acceptors (Lipinski definition) is 5. The molecule has 1 aromatic heterocycles. The number of aliphatic imine (C=N–C) groups is 1. The quantitative estimate of drug-likeness (QED) is 0.478. The number of hydrogen-bond donors (Lipinski definition) is 1. The van der Waals surface area contributed by atoms with E-state index in [1.165, 1.54) is 4.90 Å². The highest BCUT2D eigenvalue weighted by Gasteiger charge is 2.31. The van der Waals surface area contributed by atoms with Gasteiger partial charge in [0.1, 0.15) is 6.04 Å². The number of hydrazone groups is 1. The lowest BCUT2D eigenvalue weighted by atomic mass is 10.2. The van der Waals surface area contributed by atoms with Crippen molar-refractivity contribution in [1.82, 2.24) is 19.9 Å². The van der Waals surface area contributed by atoms with Crippen LogP contribution in [-0.4, -0.2) is 59.1 Å². The molecular formula is C20H25N7O2. The number of likely N-dealkylation sites (N-methyl/N-ethyl adjacent to an activating group) is 1. The lowest BCUT2D eigenvalue weighted by molar-refractivity contribution is -0.124. The maximum absolute atomic E-state index is 12.8. The molecule has 2 amide bonds. The first-order chi connectivity index (χ1) is 13.9. The molecule has 1 aliphatic rings. The number of carbonyl (C=O) groups is 2. The lowest BCUT2D eigenvalue weighted by Crippen LogP contribution is -2.48. The number of benzene rings is 1. The fourth-order valence-electron chi connectivity index (χ4n) is 3.24. The number of aromatic nitrogens is 2. The van der Waals surface area contributed by atoms with E-state index in [0.29, 0.717) is 25.5 Å². The summed E-state index contributed by atoms with van der Waals surface area (Å²) in [6, 6.07) is 9.06. The van der Waals surface area contributed by atoms with Gasteiger partial charge in [-0.25, -0.2) is 9.98 Å². The molecule has 29 heavy (non-hydrogen) atoms. The third-order valence-corrected chi connectivity index (χ3v) is 4.64. The first-order valence-corrected chi connectivity index (χ1v) is 9.31. The van der Waals surface area contributed by atoms with Crippen LogP contribution in [0.15, 0.2) is 46.6 Å². The van der Waals surface area contributed by atoms with E-state index in [1.807, 2.05) is 48.0 Å². The van der Waals surface area contributed by atoms with Crippen molar-refractivity contribution in [3.63, 3.8) is 0 Å². The van der Waals surface area contributed by atoms with Gasteiger partial charge in [0.2, 0.25) is 11.8 Å². The number of nitrogens with one attached hydrogen (secondary N) is 1. The molecule has 0 bridgehead atoms. The van der Waals surface area contributed by atoms with Gasteiger partial charge in [0.15, 0.2) is 0 Å². The molecule has 0 fully saturated rings. The van der Waals surface area contributed by atoms with Gasteiger partial charge in [0, 0.05) is 26.8 Å². The Morgan fingerprint density at radius 1 is 1.38 bits per heavy atom. The predicted molar refractivity (Wildman–Crippen MR) is 112 cm³/mol. The Bertz CT molecular complexity index is 936. The number of amides is 2. The maximum Gasteiger partial charge on any atom is 0.291 e. The molecule has 1 unspecified atom stereocenters. The number of fused-ring (bicyclic) bond motifs is 1. The summed E-state index contributed by atoms with van der Waals surface area (Å²) in [6.45, 7) is 6.40. The summed E-state index contributed by atoms with van der Waals surface area (Å²) in [5.74, 6) is -0.287. The molecule has 0 radical (unpaired) electrons. The Hall–Kier alpha value is -3.49. The third kappa shape index (κ3) is 4.68. The average Bonchev–Trinajstić information content (AvgIpc) is 3.04. The first-order valence-electron chi connectivity index (χ1n) is 9.31. The van der Waals surface area contributed by atoms with Crippen molar-refractivity contribution in [2.75, 3.05) is 19.0 Å². The zero-order valence-electron chi connectivity index (χ0n) is 16.9. The molecule has 1 aromatic carbocycles. The van der Waals surface area contributed by atoms with Crippen LogP contribution in [0, 0.1) is 6.92 Å². The molecule has 9 heteroatoms. The first kappa shape index (κ1) is 20.2. The van der Waals surface area contributed by atoms with Gasteiger partial charge < -0.3 is 9.88 Å². The van der Waals surface area contributed by atoms with Gasteiger partial charge in [0.05, 0.1) is 12.2 Å².